The molecule has 3 N–H and O–H groups in total. The predicted molar refractivity (Wildman–Crippen MR) is 70.7 cm³/mol. The first-order valence-corrected chi connectivity index (χ1v) is 6.83. The summed E-state index contributed by atoms with van der Waals surface area (Å²) in [4.78, 5) is 24.6. The molecule has 0 bridgehead atoms. The van der Waals surface area contributed by atoms with Crippen molar-refractivity contribution in [2.45, 2.75) is 57.8 Å². The van der Waals surface area contributed by atoms with Crippen LogP contribution >= 0.6 is 0 Å². The zero-order valence-electron chi connectivity index (χ0n) is 11.7. The Morgan fingerprint density at radius 3 is 2.58 bits per heavy atom. The molecular weight excluding hydrogens is 248 g/mol. The lowest BCUT2D eigenvalue weighted by Gasteiger charge is -2.29. The fraction of sp³-hybridized carbons (Fsp3) is 0.846. The lowest BCUT2D eigenvalue weighted by Crippen LogP contribution is -2.44. The van der Waals surface area contributed by atoms with Gasteiger partial charge in [0.15, 0.2) is 0 Å². The molecule has 0 spiro atoms. The normalized spacial score (nSPS) is 22.7. The summed E-state index contributed by atoms with van der Waals surface area (Å²) in [6.07, 6.45) is 1.61. The fourth-order valence-electron chi connectivity index (χ4n) is 2.27. The number of carbonyl (C=O) groups is 2. The highest BCUT2D eigenvalue weighted by atomic mass is 16.5. The summed E-state index contributed by atoms with van der Waals surface area (Å²) in [5.41, 5.74) is 5.53. The van der Waals surface area contributed by atoms with E-state index in [1.807, 2.05) is 13.8 Å². The van der Waals surface area contributed by atoms with Crippen LogP contribution in [0.1, 0.15) is 39.5 Å². The number of amides is 1. The van der Waals surface area contributed by atoms with E-state index in [4.69, 9.17) is 15.6 Å². The van der Waals surface area contributed by atoms with Crippen molar-refractivity contribution in [2.75, 3.05) is 13.1 Å². The number of hydrogen-bond donors (Lipinski definition) is 2. The van der Waals surface area contributed by atoms with E-state index in [-0.39, 0.29) is 24.5 Å². The van der Waals surface area contributed by atoms with Gasteiger partial charge in [0.05, 0.1) is 6.10 Å². The third-order valence-electron chi connectivity index (χ3n) is 3.34. The van der Waals surface area contributed by atoms with E-state index in [1.165, 1.54) is 0 Å². The zero-order chi connectivity index (χ0) is 14.4. The highest BCUT2D eigenvalue weighted by Crippen LogP contribution is 2.21. The Hall–Kier alpha value is -1.14. The molecule has 110 valence electrons. The highest BCUT2D eigenvalue weighted by molar-refractivity contribution is 5.81. The Kier molecular flexibility index (Phi) is 6.24. The minimum atomic E-state index is -0.837. The maximum atomic E-state index is 12.3. The molecule has 1 rings (SSSR count). The molecule has 1 aliphatic rings. The summed E-state index contributed by atoms with van der Waals surface area (Å²) in [5.74, 6) is -0.882. The summed E-state index contributed by atoms with van der Waals surface area (Å²) in [5, 5.41) is 8.64. The van der Waals surface area contributed by atoms with E-state index < -0.39 is 12.1 Å². The predicted octanol–water partition coefficient (Wildman–Crippen LogP) is 0.595. The van der Waals surface area contributed by atoms with E-state index in [2.05, 4.69) is 0 Å². The van der Waals surface area contributed by atoms with Gasteiger partial charge in [0.25, 0.3) is 5.91 Å². The Labute approximate surface area is 113 Å². The number of nitrogens with two attached hydrogens (primary N) is 1. The summed E-state index contributed by atoms with van der Waals surface area (Å²) in [7, 11) is 0. The number of aliphatic carboxylic acids is 1. The van der Waals surface area contributed by atoms with Crippen LogP contribution in [0.3, 0.4) is 0 Å². The van der Waals surface area contributed by atoms with Crippen LogP contribution < -0.4 is 5.73 Å². The molecule has 0 aromatic rings. The van der Waals surface area contributed by atoms with Crippen molar-refractivity contribution in [1.82, 2.24) is 4.90 Å². The van der Waals surface area contributed by atoms with Crippen LogP contribution in [0.25, 0.3) is 0 Å². The molecule has 1 saturated heterocycles. The molecule has 1 fully saturated rings. The van der Waals surface area contributed by atoms with Gasteiger partial charge in [-0.15, -0.1) is 0 Å². The Bertz CT molecular complexity index is 320. The number of rotatable bonds is 7. The number of carboxylic acid groups (broad SMARTS) is 1. The SMILES string of the molecule is CC(C)N(CCCC(=O)O)C(=O)C1CCC(CN)O1. The van der Waals surface area contributed by atoms with Gasteiger partial charge in [0.2, 0.25) is 0 Å². The van der Waals surface area contributed by atoms with Crippen LogP contribution in [0.5, 0.6) is 0 Å². The molecule has 6 heteroatoms. The van der Waals surface area contributed by atoms with Crippen molar-refractivity contribution in [2.24, 2.45) is 5.73 Å². The Morgan fingerprint density at radius 2 is 2.11 bits per heavy atom. The standard InChI is InChI=1S/C13H24N2O4/c1-9(2)15(7-3-4-12(16)17)13(18)11-6-5-10(8-14)19-11/h9-11H,3-8,14H2,1-2H3,(H,16,17). The van der Waals surface area contributed by atoms with Gasteiger partial charge in [0, 0.05) is 25.6 Å². The molecule has 0 aromatic carbocycles. The zero-order valence-corrected chi connectivity index (χ0v) is 11.7. The number of carboxylic acids is 1. The van der Waals surface area contributed by atoms with Crippen molar-refractivity contribution in [3.05, 3.63) is 0 Å². The summed E-state index contributed by atoms with van der Waals surface area (Å²) in [6.45, 7) is 4.74. The maximum absolute atomic E-state index is 12.3. The van der Waals surface area contributed by atoms with Gasteiger partial charge in [-0.1, -0.05) is 0 Å². The lowest BCUT2D eigenvalue weighted by molar-refractivity contribution is -0.145. The first-order chi connectivity index (χ1) is 8.95. The van der Waals surface area contributed by atoms with Crippen LogP contribution in [0.15, 0.2) is 0 Å². The van der Waals surface area contributed by atoms with E-state index in [1.54, 1.807) is 4.90 Å². The topological polar surface area (TPSA) is 92.9 Å². The average Bonchev–Trinajstić information content (AvgIpc) is 2.81. The molecule has 0 aromatic heterocycles. The van der Waals surface area contributed by atoms with Gasteiger partial charge < -0.3 is 20.5 Å². The molecule has 2 unspecified atom stereocenters. The minimum Gasteiger partial charge on any atom is -0.481 e. The monoisotopic (exact) mass is 272 g/mol. The smallest absolute Gasteiger partial charge is 0.303 e. The Morgan fingerprint density at radius 1 is 1.42 bits per heavy atom. The second-order valence-corrected chi connectivity index (χ2v) is 5.18. The van der Waals surface area contributed by atoms with Crippen molar-refractivity contribution < 1.29 is 19.4 Å². The van der Waals surface area contributed by atoms with Crippen molar-refractivity contribution in [3.63, 3.8) is 0 Å². The highest BCUT2D eigenvalue weighted by Gasteiger charge is 2.33. The van der Waals surface area contributed by atoms with E-state index >= 15 is 0 Å². The summed E-state index contributed by atoms with van der Waals surface area (Å²) in [6, 6.07) is 0.0434. The largest absolute Gasteiger partial charge is 0.481 e. The molecule has 1 heterocycles. The van der Waals surface area contributed by atoms with Crippen molar-refractivity contribution in [3.8, 4) is 0 Å². The maximum Gasteiger partial charge on any atom is 0.303 e. The molecule has 0 saturated carbocycles. The second kappa shape index (κ2) is 7.45. The van der Waals surface area contributed by atoms with Crippen LogP contribution in [0, 0.1) is 0 Å². The van der Waals surface area contributed by atoms with Crippen LogP contribution in [-0.4, -0.2) is 53.2 Å². The van der Waals surface area contributed by atoms with Gasteiger partial charge in [-0.2, -0.15) is 0 Å². The molecule has 19 heavy (non-hydrogen) atoms. The first-order valence-electron chi connectivity index (χ1n) is 6.83. The molecule has 0 radical (unpaired) electrons. The van der Waals surface area contributed by atoms with Crippen molar-refractivity contribution in [1.29, 1.82) is 0 Å². The number of hydrogen-bond acceptors (Lipinski definition) is 4. The second-order valence-electron chi connectivity index (χ2n) is 5.18. The fourth-order valence-corrected chi connectivity index (χ4v) is 2.27. The Balaban J connectivity index is 2.51. The average molecular weight is 272 g/mol. The molecule has 1 aliphatic heterocycles. The lowest BCUT2D eigenvalue weighted by atomic mass is 10.1. The molecule has 0 aliphatic carbocycles. The van der Waals surface area contributed by atoms with Crippen LogP contribution in [0.2, 0.25) is 0 Å². The first kappa shape index (κ1) is 15.9. The van der Waals surface area contributed by atoms with E-state index in [0.29, 0.717) is 25.9 Å². The summed E-state index contributed by atoms with van der Waals surface area (Å²) >= 11 is 0. The van der Waals surface area contributed by atoms with Gasteiger partial charge in [-0.25, -0.2) is 0 Å². The van der Waals surface area contributed by atoms with E-state index in [9.17, 15) is 9.59 Å². The third-order valence-corrected chi connectivity index (χ3v) is 3.34. The molecule has 1 amide bonds. The van der Waals surface area contributed by atoms with Crippen LogP contribution in [-0.2, 0) is 14.3 Å². The van der Waals surface area contributed by atoms with Gasteiger partial charge in [-0.05, 0) is 33.1 Å². The molecule has 2 atom stereocenters. The van der Waals surface area contributed by atoms with Gasteiger partial charge in [0.1, 0.15) is 6.10 Å². The van der Waals surface area contributed by atoms with E-state index in [0.717, 1.165) is 6.42 Å². The quantitative estimate of drug-likeness (QED) is 0.707. The summed E-state index contributed by atoms with van der Waals surface area (Å²) < 4.78 is 5.60. The van der Waals surface area contributed by atoms with Crippen LogP contribution in [0.4, 0.5) is 0 Å². The number of nitrogens with zero attached hydrogens (tertiary/aromatic N) is 1. The van der Waals surface area contributed by atoms with Gasteiger partial charge >= 0.3 is 5.97 Å². The third kappa shape index (κ3) is 4.80. The minimum absolute atomic E-state index is 0.0259. The molecule has 6 nitrogen and oxygen atoms in total. The molecular formula is C13H24N2O4. The van der Waals surface area contributed by atoms with Crippen molar-refractivity contribution >= 4 is 11.9 Å². The number of ether oxygens (including phenoxy) is 1. The van der Waals surface area contributed by atoms with Gasteiger partial charge in [-0.3, -0.25) is 9.59 Å². The number of carbonyl (C=O) groups excluding carboxylic acids is 1.